The molecule has 102 valence electrons. The van der Waals surface area contributed by atoms with E-state index in [9.17, 15) is 9.59 Å². The second kappa shape index (κ2) is 6.12. The highest BCUT2D eigenvalue weighted by atomic mass is 16.7. The van der Waals surface area contributed by atoms with Crippen LogP contribution < -0.4 is 11.1 Å². The fourth-order valence-corrected chi connectivity index (χ4v) is 2.48. The number of likely N-dealkylation sites (tertiary alicyclic amines) is 1. The van der Waals surface area contributed by atoms with E-state index in [0.29, 0.717) is 13.2 Å². The minimum absolute atomic E-state index is 0.0832. The van der Waals surface area contributed by atoms with Crippen molar-refractivity contribution in [2.45, 2.75) is 31.6 Å². The summed E-state index contributed by atoms with van der Waals surface area (Å²) >= 11 is 0. The number of nitrogens with two attached hydrogens (primary N) is 1. The van der Waals surface area contributed by atoms with Crippen molar-refractivity contribution in [1.29, 1.82) is 0 Å². The van der Waals surface area contributed by atoms with E-state index in [-0.39, 0.29) is 24.8 Å². The summed E-state index contributed by atoms with van der Waals surface area (Å²) in [5, 5.41) is 2.08. The van der Waals surface area contributed by atoms with Crippen molar-refractivity contribution < 1.29 is 19.1 Å². The molecule has 7 heteroatoms. The van der Waals surface area contributed by atoms with Gasteiger partial charge in [-0.25, -0.2) is 4.79 Å². The van der Waals surface area contributed by atoms with E-state index >= 15 is 0 Å². The smallest absolute Gasteiger partial charge is 0.318 e. The van der Waals surface area contributed by atoms with Crippen LogP contribution in [0, 0.1) is 0 Å². The monoisotopic (exact) mass is 257 g/mol. The molecule has 0 aliphatic carbocycles. The highest BCUT2D eigenvalue weighted by Crippen LogP contribution is 2.23. The van der Waals surface area contributed by atoms with Crippen LogP contribution in [0.3, 0.4) is 0 Å². The SMILES string of the molecule is NC(=O)NC(=O)CN1CCCCC1C1OCCO1. The normalized spacial score (nSPS) is 26.1. The zero-order valence-corrected chi connectivity index (χ0v) is 10.3. The maximum absolute atomic E-state index is 11.5. The molecule has 0 bridgehead atoms. The molecular formula is C11H19N3O4. The van der Waals surface area contributed by atoms with E-state index < -0.39 is 6.03 Å². The molecule has 1 atom stereocenters. The zero-order valence-electron chi connectivity index (χ0n) is 10.3. The van der Waals surface area contributed by atoms with Crippen molar-refractivity contribution in [3.05, 3.63) is 0 Å². The maximum atomic E-state index is 11.5. The second-order valence-electron chi connectivity index (χ2n) is 4.56. The predicted octanol–water partition coefficient (Wildman–Crippen LogP) is -0.591. The average molecular weight is 257 g/mol. The maximum Gasteiger partial charge on any atom is 0.318 e. The molecule has 0 radical (unpaired) electrons. The van der Waals surface area contributed by atoms with Gasteiger partial charge >= 0.3 is 6.03 Å². The van der Waals surface area contributed by atoms with Crippen LogP contribution in [0.4, 0.5) is 4.79 Å². The lowest BCUT2D eigenvalue weighted by Gasteiger charge is -2.37. The first kappa shape index (κ1) is 13.3. The zero-order chi connectivity index (χ0) is 13.0. The molecule has 2 heterocycles. The lowest BCUT2D eigenvalue weighted by Crippen LogP contribution is -2.52. The number of rotatable bonds is 3. The van der Waals surface area contributed by atoms with E-state index in [2.05, 4.69) is 5.32 Å². The molecule has 0 spiro atoms. The van der Waals surface area contributed by atoms with E-state index in [4.69, 9.17) is 15.2 Å². The Morgan fingerprint density at radius 1 is 1.28 bits per heavy atom. The van der Waals surface area contributed by atoms with Crippen LogP contribution in [-0.4, -0.2) is 55.5 Å². The molecular weight excluding hydrogens is 238 g/mol. The van der Waals surface area contributed by atoms with Gasteiger partial charge in [0.2, 0.25) is 5.91 Å². The van der Waals surface area contributed by atoms with Crippen LogP contribution in [0.5, 0.6) is 0 Å². The predicted molar refractivity (Wildman–Crippen MR) is 62.6 cm³/mol. The number of piperidine rings is 1. The minimum Gasteiger partial charge on any atom is -0.351 e. The Bertz CT molecular complexity index is 317. The van der Waals surface area contributed by atoms with E-state index in [1.165, 1.54) is 0 Å². The average Bonchev–Trinajstić information content (AvgIpc) is 2.81. The third-order valence-electron chi connectivity index (χ3n) is 3.24. The van der Waals surface area contributed by atoms with Crippen molar-refractivity contribution in [3.63, 3.8) is 0 Å². The molecule has 2 aliphatic rings. The highest BCUT2D eigenvalue weighted by molar-refractivity contribution is 5.94. The molecule has 2 aliphatic heterocycles. The fourth-order valence-electron chi connectivity index (χ4n) is 2.48. The molecule has 0 aromatic heterocycles. The van der Waals surface area contributed by atoms with Gasteiger partial charge in [0.25, 0.3) is 0 Å². The van der Waals surface area contributed by atoms with E-state index in [1.54, 1.807) is 0 Å². The number of amides is 3. The summed E-state index contributed by atoms with van der Waals surface area (Å²) in [6.45, 7) is 2.15. The van der Waals surface area contributed by atoms with Gasteiger partial charge in [-0.3, -0.25) is 15.0 Å². The van der Waals surface area contributed by atoms with E-state index in [0.717, 1.165) is 25.8 Å². The van der Waals surface area contributed by atoms with Crippen LogP contribution in [0.1, 0.15) is 19.3 Å². The number of hydrogen-bond acceptors (Lipinski definition) is 5. The molecule has 2 fully saturated rings. The number of carbonyl (C=O) groups is 2. The summed E-state index contributed by atoms with van der Waals surface area (Å²) in [6, 6.07) is -0.734. The van der Waals surface area contributed by atoms with Crippen LogP contribution in [-0.2, 0) is 14.3 Å². The Labute approximate surface area is 106 Å². The number of carbonyl (C=O) groups excluding carboxylic acids is 2. The van der Waals surface area contributed by atoms with Crippen LogP contribution >= 0.6 is 0 Å². The summed E-state index contributed by atoms with van der Waals surface area (Å²) < 4.78 is 11.0. The number of nitrogens with zero attached hydrogens (tertiary/aromatic N) is 1. The highest BCUT2D eigenvalue weighted by Gasteiger charge is 2.34. The summed E-state index contributed by atoms with van der Waals surface area (Å²) in [4.78, 5) is 24.2. The molecule has 18 heavy (non-hydrogen) atoms. The molecule has 1 unspecified atom stereocenters. The Balaban J connectivity index is 1.90. The van der Waals surface area contributed by atoms with Gasteiger partial charge in [-0.1, -0.05) is 6.42 Å². The molecule has 3 N–H and O–H groups in total. The number of hydrogen-bond donors (Lipinski definition) is 2. The first-order chi connectivity index (χ1) is 8.66. The van der Waals surface area contributed by atoms with Gasteiger partial charge in [-0.15, -0.1) is 0 Å². The Morgan fingerprint density at radius 2 is 2.00 bits per heavy atom. The van der Waals surface area contributed by atoms with Gasteiger partial charge in [0.15, 0.2) is 6.29 Å². The summed E-state index contributed by atoms with van der Waals surface area (Å²) in [5.41, 5.74) is 4.92. The molecule has 2 saturated heterocycles. The van der Waals surface area contributed by atoms with Crippen molar-refractivity contribution in [1.82, 2.24) is 10.2 Å². The number of ether oxygens (including phenoxy) is 2. The van der Waals surface area contributed by atoms with Crippen molar-refractivity contribution in [2.24, 2.45) is 5.73 Å². The first-order valence-electron chi connectivity index (χ1n) is 6.23. The third-order valence-corrected chi connectivity index (χ3v) is 3.24. The largest absolute Gasteiger partial charge is 0.351 e. The van der Waals surface area contributed by atoms with Crippen LogP contribution in [0.15, 0.2) is 0 Å². The van der Waals surface area contributed by atoms with Gasteiger partial charge in [0.05, 0.1) is 25.8 Å². The lowest BCUT2D eigenvalue weighted by atomic mass is 10.0. The second-order valence-corrected chi connectivity index (χ2v) is 4.56. The standard InChI is InChI=1S/C11H19N3O4/c12-11(16)13-9(15)7-14-4-2-1-3-8(14)10-17-5-6-18-10/h8,10H,1-7H2,(H3,12,13,15,16). The number of urea groups is 1. The van der Waals surface area contributed by atoms with Crippen molar-refractivity contribution in [2.75, 3.05) is 26.3 Å². The third kappa shape index (κ3) is 3.41. The Morgan fingerprint density at radius 3 is 2.67 bits per heavy atom. The quantitative estimate of drug-likeness (QED) is 0.704. The van der Waals surface area contributed by atoms with Crippen molar-refractivity contribution in [3.8, 4) is 0 Å². The lowest BCUT2D eigenvalue weighted by molar-refractivity contribution is -0.130. The molecule has 0 aromatic carbocycles. The van der Waals surface area contributed by atoms with Gasteiger partial charge in [0, 0.05) is 0 Å². The summed E-state index contributed by atoms with van der Waals surface area (Å²) in [5.74, 6) is -0.382. The Hall–Kier alpha value is -1.18. The van der Waals surface area contributed by atoms with Gasteiger partial charge in [-0.2, -0.15) is 0 Å². The van der Waals surface area contributed by atoms with Crippen LogP contribution in [0.25, 0.3) is 0 Å². The Kier molecular flexibility index (Phi) is 4.51. The van der Waals surface area contributed by atoms with Crippen LogP contribution in [0.2, 0.25) is 0 Å². The molecule has 7 nitrogen and oxygen atoms in total. The number of imide groups is 1. The molecule has 0 aromatic rings. The van der Waals surface area contributed by atoms with Gasteiger partial charge in [0.1, 0.15) is 0 Å². The van der Waals surface area contributed by atoms with Gasteiger partial charge in [-0.05, 0) is 19.4 Å². The number of primary amides is 1. The summed E-state index contributed by atoms with van der Waals surface area (Å²) in [6.07, 6.45) is 2.82. The summed E-state index contributed by atoms with van der Waals surface area (Å²) in [7, 11) is 0. The minimum atomic E-state index is -0.818. The topological polar surface area (TPSA) is 93.9 Å². The first-order valence-corrected chi connectivity index (χ1v) is 6.23. The number of nitrogens with one attached hydrogen (secondary N) is 1. The fraction of sp³-hybridized carbons (Fsp3) is 0.818. The van der Waals surface area contributed by atoms with Crippen molar-refractivity contribution >= 4 is 11.9 Å². The van der Waals surface area contributed by atoms with E-state index in [1.807, 2.05) is 4.90 Å². The molecule has 3 amide bonds. The molecule has 0 saturated carbocycles. The van der Waals surface area contributed by atoms with Gasteiger partial charge < -0.3 is 15.2 Å². The molecule has 2 rings (SSSR count).